The summed E-state index contributed by atoms with van der Waals surface area (Å²) in [5, 5.41) is 1.25. The Morgan fingerprint density at radius 3 is 2.64 bits per heavy atom. The molecule has 120 valence electrons. The second kappa shape index (κ2) is 7.34. The average molecular weight is 319 g/mol. The highest BCUT2D eigenvalue weighted by molar-refractivity contribution is 8.15. The molecule has 1 aromatic carbocycles. The highest BCUT2D eigenvalue weighted by Gasteiger charge is 2.39. The minimum absolute atomic E-state index is 0.159. The molecule has 0 saturated carbocycles. The first-order chi connectivity index (χ1) is 10.5. The third kappa shape index (κ3) is 3.93. The molecule has 0 bridgehead atoms. The van der Waals surface area contributed by atoms with Crippen LogP contribution in [0.15, 0.2) is 47.2 Å². The van der Waals surface area contributed by atoms with Crippen LogP contribution >= 0.6 is 11.8 Å². The first-order valence-electron chi connectivity index (χ1n) is 7.74. The molecule has 3 nitrogen and oxygen atoms in total. The zero-order valence-corrected chi connectivity index (χ0v) is 14.8. The van der Waals surface area contributed by atoms with Crippen LogP contribution < -0.4 is 0 Å². The summed E-state index contributed by atoms with van der Waals surface area (Å²) >= 11 is 1.76. The van der Waals surface area contributed by atoms with Crippen molar-refractivity contribution in [3.05, 3.63) is 47.7 Å². The van der Waals surface area contributed by atoms with Crippen molar-refractivity contribution in [2.45, 2.75) is 51.7 Å². The smallest absolute Gasteiger partial charge is 0.197 e. The van der Waals surface area contributed by atoms with Crippen molar-refractivity contribution >= 4 is 16.8 Å². The maximum atomic E-state index is 5.89. The Balaban J connectivity index is 2.16. The van der Waals surface area contributed by atoms with Crippen LogP contribution in [0.1, 0.15) is 45.4 Å². The molecule has 1 heterocycles. The summed E-state index contributed by atoms with van der Waals surface area (Å²) < 4.78 is 11.4. The molecule has 2 atom stereocenters. The largest absolute Gasteiger partial charge is 0.463 e. The molecule has 1 aliphatic rings. The Labute approximate surface area is 137 Å². The molecule has 0 N–H and O–H groups in total. The molecule has 0 fully saturated rings. The molecule has 4 heteroatoms. The summed E-state index contributed by atoms with van der Waals surface area (Å²) in [7, 11) is 0. The summed E-state index contributed by atoms with van der Waals surface area (Å²) in [5.74, 6) is 0.803. The van der Waals surface area contributed by atoms with Crippen LogP contribution in [0.3, 0.4) is 0 Å². The normalized spacial score (nSPS) is 22.3. The number of hydrogen-bond donors (Lipinski definition) is 0. The molecule has 1 aromatic rings. The van der Waals surface area contributed by atoms with E-state index in [0.29, 0.717) is 11.9 Å². The maximum Gasteiger partial charge on any atom is 0.197 e. The summed E-state index contributed by atoms with van der Waals surface area (Å²) in [4.78, 5) is 4.89. The van der Waals surface area contributed by atoms with Gasteiger partial charge in [0.25, 0.3) is 0 Å². The molecular weight excluding hydrogens is 294 g/mol. The topological polar surface area (TPSA) is 30.8 Å². The van der Waals surface area contributed by atoms with Gasteiger partial charge in [0, 0.05) is 6.61 Å². The van der Waals surface area contributed by atoms with Gasteiger partial charge in [-0.1, -0.05) is 42.1 Å². The van der Waals surface area contributed by atoms with Crippen LogP contribution in [0, 0.1) is 0 Å². The molecule has 2 unspecified atom stereocenters. The summed E-state index contributed by atoms with van der Waals surface area (Å²) in [6.07, 6.45) is 1.70. The van der Waals surface area contributed by atoms with Crippen LogP contribution in [-0.2, 0) is 9.47 Å². The number of thioether (sulfide) groups is 1. The Morgan fingerprint density at radius 1 is 1.36 bits per heavy atom. The Hall–Kier alpha value is -1.26. The number of hydrogen-bond acceptors (Lipinski definition) is 4. The van der Waals surface area contributed by atoms with Gasteiger partial charge < -0.3 is 9.47 Å². The van der Waals surface area contributed by atoms with Gasteiger partial charge in [0.05, 0.1) is 10.8 Å². The molecule has 1 aliphatic heterocycles. The van der Waals surface area contributed by atoms with Crippen LogP contribution in [0.5, 0.6) is 0 Å². The van der Waals surface area contributed by atoms with E-state index in [-0.39, 0.29) is 11.8 Å². The zero-order chi connectivity index (χ0) is 16.2. The van der Waals surface area contributed by atoms with Crippen LogP contribution in [-0.4, -0.2) is 23.5 Å². The fraction of sp³-hybridized carbons (Fsp3) is 0.500. The van der Waals surface area contributed by atoms with Gasteiger partial charge in [-0.05, 0) is 46.3 Å². The minimum Gasteiger partial charge on any atom is -0.463 e. The summed E-state index contributed by atoms with van der Waals surface area (Å²) in [6, 6.07) is 10.5. The molecule has 0 amide bonds. The van der Waals surface area contributed by atoms with Gasteiger partial charge in [-0.25, -0.2) is 0 Å². The van der Waals surface area contributed by atoms with Crippen molar-refractivity contribution < 1.29 is 9.47 Å². The lowest BCUT2D eigenvalue weighted by molar-refractivity contribution is -0.0935. The quantitative estimate of drug-likeness (QED) is 0.549. The van der Waals surface area contributed by atoms with Gasteiger partial charge in [-0.2, -0.15) is 0 Å². The Kier molecular flexibility index (Phi) is 5.70. The first kappa shape index (κ1) is 17.1. The van der Waals surface area contributed by atoms with E-state index in [1.54, 1.807) is 11.8 Å². The molecule has 0 radical (unpaired) electrons. The highest BCUT2D eigenvalue weighted by atomic mass is 32.2. The van der Waals surface area contributed by atoms with E-state index < -0.39 is 0 Å². The van der Waals surface area contributed by atoms with E-state index in [1.807, 2.05) is 32.9 Å². The van der Waals surface area contributed by atoms with Gasteiger partial charge in [0.2, 0.25) is 0 Å². The van der Waals surface area contributed by atoms with Crippen molar-refractivity contribution in [1.82, 2.24) is 0 Å². The Bertz CT molecular complexity index is 551. The van der Waals surface area contributed by atoms with Gasteiger partial charge in [0.15, 0.2) is 6.29 Å². The molecule has 0 aliphatic carbocycles. The molecule has 0 spiro atoms. The molecule has 22 heavy (non-hydrogen) atoms. The molecule has 0 saturated heterocycles. The summed E-state index contributed by atoms with van der Waals surface area (Å²) in [6.45, 7) is 10.8. The highest BCUT2D eigenvalue weighted by Crippen LogP contribution is 2.48. The zero-order valence-electron chi connectivity index (χ0n) is 14.0. The van der Waals surface area contributed by atoms with E-state index in [1.165, 1.54) is 5.56 Å². The lowest BCUT2D eigenvalue weighted by atomic mass is 9.95. The molecule has 2 rings (SSSR count). The predicted molar refractivity (Wildman–Crippen MR) is 94.2 cm³/mol. The first-order valence-corrected chi connectivity index (χ1v) is 8.62. The van der Waals surface area contributed by atoms with Gasteiger partial charge in [-0.15, -0.1) is 0 Å². The standard InChI is InChI=1S/C18H25NO2S/c1-6-15(21-13(3)20-7-2)17-19-18(4,5)16(22-17)14-11-9-8-10-12-14/h6,8-13,16H,7H2,1-5H3/b15-6-. The van der Waals surface area contributed by atoms with Gasteiger partial charge in [0.1, 0.15) is 10.8 Å². The monoisotopic (exact) mass is 319 g/mol. The van der Waals surface area contributed by atoms with E-state index in [9.17, 15) is 0 Å². The third-order valence-electron chi connectivity index (χ3n) is 3.53. The number of ether oxygens (including phenoxy) is 2. The number of aliphatic imine (C=N–C) groups is 1. The second-order valence-corrected chi connectivity index (χ2v) is 6.87. The Morgan fingerprint density at radius 2 is 2.05 bits per heavy atom. The van der Waals surface area contributed by atoms with Gasteiger partial charge in [-0.3, -0.25) is 4.99 Å². The maximum absolute atomic E-state index is 5.89. The number of rotatable bonds is 6. The van der Waals surface area contributed by atoms with Crippen LogP contribution in [0.25, 0.3) is 0 Å². The third-order valence-corrected chi connectivity index (χ3v) is 5.13. The lowest BCUT2D eigenvalue weighted by Crippen LogP contribution is -2.20. The lowest BCUT2D eigenvalue weighted by Gasteiger charge is -2.23. The van der Waals surface area contributed by atoms with Crippen LogP contribution in [0.2, 0.25) is 0 Å². The predicted octanol–water partition coefficient (Wildman–Crippen LogP) is 4.95. The fourth-order valence-electron chi connectivity index (χ4n) is 2.51. The van der Waals surface area contributed by atoms with Crippen molar-refractivity contribution in [3.63, 3.8) is 0 Å². The van der Waals surface area contributed by atoms with E-state index >= 15 is 0 Å². The molecular formula is C18H25NO2S. The van der Waals surface area contributed by atoms with E-state index in [2.05, 4.69) is 38.1 Å². The number of allylic oxidation sites excluding steroid dienone is 1. The van der Waals surface area contributed by atoms with Crippen molar-refractivity contribution in [2.24, 2.45) is 4.99 Å². The second-order valence-electron chi connectivity index (χ2n) is 5.77. The SMILES string of the molecule is C/C=C(\OC(C)OCC)C1=NC(C)(C)C(c2ccccc2)S1. The number of benzene rings is 1. The minimum atomic E-state index is -0.265. The van der Waals surface area contributed by atoms with Gasteiger partial charge >= 0.3 is 0 Å². The van der Waals surface area contributed by atoms with E-state index in [0.717, 1.165) is 10.8 Å². The average Bonchev–Trinajstić information content (AvgIpc) is 2.81. The van der Waals surface area contributed by atoms with E-state index in [4.69, 9.17) is 14.5 Å². The van der Waals surface area contributed by atoms with Crippen molar-refractivity contribution in [3.8, 4) is 0 Å². The van der Waals surface area contributed by atoms with Crippen LogP contribution in [0.4, 0.5) is 0 Å². The van der Waals surface area contributed by atoms with Crippen molar-refractivity contribution in [2.75, 3.05) is 6.61 Å². The van der Waals surface area contributed by atoms with Crippen molar-refractivity contribution in [1.29, 1.82) is 0 Å². The number of nitrogens with zero attached hydrogens (tertiary/aromatic N) is 1. The fourth-order valence-corrected chi connectivity index (χ4v) is 3.94. The molecule has 0 aromatic heterocycles. The summed E-state index contributed by atoms with van der Waals surface area (Å²) in [5.41, 5.74) is 1.14.